The third-order valence-electron chi connectivity index (χ3n) is 5.33. The van der Waals surface area contributed by atoms with Crippen molar-refractivity contribution in [2.45, 2.75) is 25.7 Å². The average Bonchev–Trinajstić information content (AvgIpc) is 2.92. The lowest BCUT2D eigenvalue weighted by Crippen LogP contribution is -2.27. The zero-order valence-corrected chi connectivity index (χ0v) is 23.4. The Bertz CT molecular complexity index is 1490. The fourth-order valence-corrected chi connectivity index (χ4v) is 3.85. The van der Waals surface area contributed by atoms with E-state index in [1.54, 1.807) is 6.92 Å². The molecule has 3 N–H and O–H groups in total. The molecule has 0 spiro atoms. The monoisotopic (exact) mass is 678 g/mol. The predicted octanol–water partition coefficient (Wildman–Crippen LogP) is 6.31. The summed E-state index contributed by atoms with van der Waals surface area (Å²) in [7, 11) is 0. The minimum absolute atomic E-state index is 0.0239. The van der Waals surface area contributed by atoms with E-state index in [2.05, 4.69) is 26.2 Å². The van der Waals surface area contributed by atoms with Crippen LogP contribution in [0, 0.1) is 0 Å². The maximum atomic E-state index is 13.0. The van der Waals surface area contributed by atoms with Crippen molar-refractivity contribution in [3.8, 4) is 11.1 Å². The first kappa shape index (κ1) is 34.7. The van der Waals surface area contributed by atoms with Crippen molar-refractivity contribution in [1.29, 1.82) is 0 Å². The number of carboxylic acid groups (broad SMARTS) is 2. The van der Waals surface area contributed by atoms with Crippen molar-refractivity contribution in [3.05, 3.63) is 87.1 Å². The molecule has 2 aromatic carbocycles. The van der Waals surface area contributed by atoms with E-state index in [-0.39, 0.29) is 52.0 Å². The van der Waals surface area contributed by atoms with E-state index in [4.69, 9.17) is 9.84 Å². The van der Waals surface area contributed by atoms with Gasteiger partial charge in [0.15, 0.2) is 0 Å². The predicted molar refractivity (Wildman–Crippen MR) is 141 cm³/mol. The Kier molecular flexibility index (Phi) is 11.8. The van der Waals surface area contributed by atoms with Crippen LogP contribution < -0.4 is 5.32 Å². The first-order valence-corrected chi connectivity index (χ1v) is 12.7. The van der Waals surface area contributed by atoms with Crippen molar-refractivity contribution >= 4 is 39.7 Å². The number of carboxylic acids is 2. The van der Waals surface area contributed by atoms with Crippen LogP contribution in [-0.4, -0.2) is 52.2 Å². The molecule has 43 heavy (non-hydrogen) atoms. The van der Waals surface area contributed by atoms with Gasteiger partial charge in [0.05, 0.1) is 35.3 Å². The van der Waals surface area contributed by atoms with Crippen LogP contribution in [0.15, 0.2) is 59.2 Å². The van der Waals surface area contributed by atoms with E-state index in [1.807, 2.05) is 0 Å². The second-order valence-corrected chi connectivity index (χ2v) is 9.16. The van der Waals surface area contributed by atoms with Gasteiger partial charge in [-0.1, -0.05) is 6.07 Å². The number of halogens is 7. The van der Waals surface area contributed by atoms with E-state index in [0.717, 1.165) is 36.5 Å². The third kappa shape index (κ3) is 10.1. The number of carbonyl (C=O) groups is 4. The second kappa shape index (κ2) is 14.6. The number of esters is 1. The number of rotatable bonds is 8. The van der Waals surface area contributed by atoms with Crippen molar-refractivity contribution < 1.29 is 60.5 Å². The Morgan fingerprint density at radius 2 is 1.42 bits per heavy atom. The van der Waals surface area contributed by atoms with Gasteiger partial charge in [0.2, 0.25) is 0 Å². The molecule has 230 valence electrons. The molecule has 0 bridgehead atoms. The number of aromatic carboxylic acids is 2. The number of hydrogen-bond acceptors (Lipinski definition) is 6. The first-order chi connectivity index (χ1) is 19.9. The fourth-order valence-electron chi connectivity index (χ4n) is 3.30. The summed E-state index contributed by atoms with van der Waals surface area (Å²) in [5.41, 5.74) is -2.51. The van der Waals surface area contributed by atoms with E-state index in [0.29, 0.717) is 6.07 Å². The molecule has 3 aromatic rings. The van der Waals surface area contributed by atoms with E-state index in [1.165, 1.54) is 12.1 Å². The standard InChI is InChI=1S/C19H17F3N2O5.C8H4BrF3O2/c1-2-29-16(25)7-8-23-17(26)15-6-3-11(10-24-15)14-9-12(19(20,21)22)4-5-13(14)18(27)28;9-6-3-4(8(10,11)12)1-2-5(6)7(13)14/h3-6,9-10H,2,7-8H2,1H3,(H,23,26)(H,27,28);1-3H,(H,13,14). The summed E-state index contributed by atoms with van der Waals surface area (Å²) in [4.78, 5) is 49.0. The smallest absolute Gasteiger partial charge is 0.416 e. The summed E-state index contributed by atoms with van der Waals surface area (Å²) < 4.78 is 79.9. The molecule has 0 radical (unpaired) electrons. The highest BCUT2D eigenvalue weighted by atomic mass is 79.9. The lowest BCUT2D eigenvalue weighted by molar-refractivity contribution is -0.143. The van der Waals surface area contributed by atoms with Crippen molar-refractivity contribution in [2.75, 3.05) is 13.2 Å². The molecular weight excluding hydrogens is 658 g/mol. The Morgan fingerprint density at radius 1 is 0.860 bits per heavy atom. The number of hydrogen-bond donors (Lipinski definition) is 3. The third-order valence-corrected chi connectivity index (χ3v) is 5.99. The second-order valence-electron chi connectivity index (χ2n) is 8.30. The van der Waals surface area contributed by atoms with Gasteiger partial charge in [-0.2, -0.15) is 26.3 Å². The molecule has 16 heteroatoms. The quantitative estimate of drug-likeness (QED) is 0.186. The number of ether oxygens (including phenoxy) is 1. The van der Waals surface area contributed by atoms with Gasteiger partial charge < -0.3 is 20.3 Å². The van der Waals surface area contributed by atoms with Crippen molar-refractivity contribution in [3.63, 3.8) is 0 Å². The minimum Gasteiger partial charge on any atom is -0.478 e. The normalized spacial score (nSPS) is 11.2. The number of pyridine rings is 1. The Morgan fingerprint density at radius 3 is 1.88 bits per heavy atom. The molecule has 0 saturated carbocycles. The molecule has 9 nitrogen and oxygen atoms in total. The van der Waals surface area contributed by atoms with Gasteiger partial charge in [0.25, 0.3) is 5.91 Å². The van der Waals surface area contributed by atoms with E-state index >= 15 is 0 Å². The van der Waals surface area contributed by atoms with Gasteiger partial charge in [0.1, 0.15) is 5.69 Å². The largest absolute Gasteiger partial charge is 0.478 e. The highest BCUT2D eigenvalue weighted by Gasteiger charge is 2.32. The molecule has 3 rings (SSSR count). The number of nitrogens with one attached hydrogen (secondary N) is 1. The van der Waals surface area contributed by atoms with Crippen LogP contribution in [0.3, 0.4) is 0 Å². The topological polar surface area (TPSA) is 143 Å². The van der Waals surface area contributed by atoms with Gasteiger partial charge in [-0.05, 0) is 70.9 Å². The van der Waals surface area contributed by atoms with Gasteiger partial charge in [-0.25, -0.2) is 9.59 Å². The molecule has 0 aliphatic heterocycles. The Balaban J connectivity index is 0.000000385. The Labute approximate surface area is 247 Å². The molecule has 1 aromatic heterocycles. The molecule has 0 aliphatic carbocycles. The summed E-state index contributed by atoms with van der Waals surface area (Å²) in [6.07, 6.45) is -8.01. The molecule has 0 unspecified atom stereocenters. The van der Waals surface area contributed by atoms with E-state index < -0.39 is 47.3 Å². The highest BCUT2D eigenvalue weighted by Crippen LogP contribution is 2.34. The molecule has 1 heterocycles. The number of nitrogens with zero attached hydrogens (tertiary/aromatic N) is 1. The summed E-state index contributed by atoms with van der Waals surface area (Å²) >= 11 is 2.76. The van der Waals surface area contributed by atoms with Crippen LogP contribution in [0.2, 0.25) is 0 Å². The van der Waals surface area contributed by atoms with Crippen LogP contribution >= 0.6 is 15.9 Å². The number of carbonyl (C=O) groups excluding carboxylic acids is 2. The maximum Gasteiger partial charge on any atom is 0.416 e. The van der Waals surface area contributed by atoms with Crippen LogP contribution in [0.5, 0.6) is 0 Å². The van der Waals surface area contributed by atoms with Crippen molar-refractivity contribution in [2.24, 2.45) is 0 Å². The van der Waals surface area contributed by atoms with Gasteiger partial charge in [-0.3, -0.25) is 14.6 Å². The zero-order valence-electron chi connectivity index (χ0n) is 21.8. The number of alkyl halides is 6. The summed E-state index contributed by atoms with van der Waals surface area (Å²) in [5, 5.41) is 20.2. The van der Waals surface area contributed by atoms with E-state index in [9.17, 15) is 50.6 Å². The summed E-state index contributed by atoms with van der Waals surface area (Å²) in [5.74, 6) is -3.73. The molecule has 0 saturated heterocycles. The van der Waals surface area contributed by atoms with Crippen LogP contribution in [-0.2, 0) is 21.9 Å². The van der Waals surface area contributed by atoms with Crippen LogP contribution in [0.25, 0.3) is 11.1 Å². The lowest BCUT2D eigenvalue weighted by Gasteiger charge is -2.12. The average molecular weight is 679 g/mol. The number of aromatic nitrogens is 1. The summed E-state index contributed by atoms with van der Waals surface area (Å²) in [6.45, 7) is 1.91. The molecule has 1 amide bonds. The maximum absolute atomic E-state index is 13.0. The highest BCUT2D eigenvalue weighted by molar-refractivity contribution is 9.10. The zero-order chi connectivity index (χ0) is 32.5. The van der Waals surface area contributed by atoms with Crippen LogP contribution in [0.1, 0.15) is 55.7 Å². The van der Waals surface area contributed by atoms with Gasteiger partial charge in [0, 0.05) is 22.8 Å². The molecular formula is C27H21BrF6N2O7. The van der Waals surface area contributed by atoms with Crippen molar-refractivity contribution in [1.82, 2.24) is 10.3 Å². The summed E-state index contributed by atoms with van der Waals surface area (Å²) in [6, 6.07) is 7.21. The molecule has 0 fully saturated rings. The fraction of sp³-hybridized carbons (Fsp3) is 0.222. The minimum atomic E-state index is -4.64. The number of amides is 1. The lowest BCUT2D eigenvalue weighted by atomic mass is 9.98. The van der Waals surface area contributed by atoms with Gasteiger partial charge in [-0.15, -0.1) is 0 Å². The van der Waals surface area contributed by atoms with Crippen LogP contribution in [0.4, 0.5) is 26.3 Å². The Hall–Kier alpha value is -4.47. The number of benzene rings is 2. The SMILES string of the molecule is CCOC(=O)CCNC(=O)c1ccc(-c2cc(C(F)(F)F)ccc2C(=O)O)cn1.O=C(O)c1ccc(C(F)(F)F)cc1Br. The molecule has 0 atom stereocenters. The first-order valence-electron chi connectivity index (χ1n) is 11.9. The molecule has 0 aliphatic rings. The van der Waals surface area contributed by atoms with Gasteiger partial charge >= 0.3 is 30.3 Å².